The van der Waals surface area contributed by atoms with Crippen molar-refractivity contribution in [3.63, 3.8) is 0 Å². The number of piperidine rings is 1. The van der Waals surface area contributed by atoms with Crippen LogP contribution >= 0.6 is 0 Å². The molecule has 1 N–H and O–H groups in total. The third-order valence-corrected chi connectivity index (χ3v) is 4.61. The molecular weight excluding hydrogens is 252 g/mol. The van der Waals surface area contributed by atoms with Crippen molar-refractivity contribution >= 4 is 0 Å². The van der Waals surface area contributed by atoms with E-state index in [0.29, 0.717) is 11.5 Å². The molecule has 0 aromatic heterocycles. The molecule has 2 aliphatic heterocycles. The van der Waals surface area contributed by atoms with Crippen LogP contribution < -0.4 is 4.74 Å². The zero-order valence-electron chi connectivity index (χ0n) is 12.2. The summed E-state index contributed by atoms with van der Waals surface area (Å²) in [5.74, 6) is 1.05. The maximum atomic E-state index is 10.1. The second-order valence-corrected chi connectivity index (χ2v) is 5.92. The molecule has 1 aromatic carbocycles. The van der Waals surface area contributed by atoms with E-state index in [-0.39, 0.29) is 0 Å². The molecule has 0 spiro atoms. The standard InChI is InChI=1S/C16H24N2O2/c1-20-15-6-5-13(16(19)10-15)11-17-8-9-18-7-3-2-4-14(18)12-17/h5-6,10,14,19H,2-4,7-9,11-12H2,1H3. The van der Waals surface area contributed by atoms with Crippen LogP contribution in [0.2, 0.25) is 0 Å². The Labute approximate surface area is 120 Å². The molecule has 0 amide bonds. The van der Waals surface area contributed by atoms with Crippen LogP contribution in [0.3, 0.4) is 0 Å². The molecule has 4 nitrogen and oxygen atoms in total. The van der Waals surface area contributed by atoms with Crippen LogP contribution in [0.1, 0.15) is 24.8 Å². The number of methoxy groups -OCH3 is 1. The van der Waals surface area contributed by atoms with Gasteiger partial charge in [0.2, 0.25) is 0 Å². The van der Waals surface area contributed by atoms with Crippen LogP contribution in [-0.2, 0) is 6.54 Å². The molecule has 0 bridgehead atoms. The Bertz CT molecular complexity index is 464. The van der Waals surface area contributed by atoms with Gasteiger partial charge in [-0.3, -0.25) is 9.80 Å². The lowest BCUT2D eigenvalue weighted by molar-refractivity contribution is 0.0453. The number of rotatable bonds is 3. The number of phenolic OH excluding ortho intramolecular Hbond substituents is 1. The largest absolute Gasteiger partial charge is 0.507 e. The highest BCUT2D eigenvalue weighted by Gasteiger charge is 2.28. The summed E-state index contributed by atoms with van der Waals surface area (Å²) >= 11 is 0. The maximum absolute atomic E-state index is 10.1. The minimum Gasteiger partial charge on any atom is -0.507 e. The van der Waals surface area contributed by atoms with Crippen LogP contribution in [-0.4, -0.2) is 54.2 Å². The Kier molecular flexibility index (Phi) is 4.13. The number of piperazine rings is 1. The van der Waals surface area contributed by atoms with Gasteiger partial charge in [-0.05, 0) is 25.5 Å². The van der Waals surface area contributed by atoms with Crippen molar-refractivity contribution in [1.82, 2.24) is 9.80 Å². The lowest BCUT2D eigenvalue weighted by Crippen LogP contribution is -2.54. The molecule has 4 heteroatoms. The highest BCUT2D eigenvalue weighted by Crippen LogP contribution is 2.27. The number of hydrogen-bond donors (Lipinski definition) is 1. The van der Waals surface area contributed by atoms with Crippen molar-refractivity contribution in [3.8, 4) is 11.5 Å². The van der Waals surface area contributed by atoms with Crippen molar-refractivity contribution in [2.45, 2.75) is 31.8 Å². The lowest BCUT2D eigenvalue weighted by atomic mass is 9.99. The fraction of sp³-hybridized carbons (Fsp3) is 0.625. The first kappa shape index (κ1) is 13.7. The van der Waals surface area contributed by atoms with E-state index in [9.17, 15) is 5.11 Å². The topological polar surface area (TPSA) is 35.9 Å². The van der Waals surface area contributed by atoms with Crippen LogP contribution in [0.5, 0.6) is 11.5 Å². The molecule has 3 rings (SSSR count). The zero-order chi connectivity index (χ0) is 13.9. The Morgan fingerprint density at radius 2 is 2.15 bits per heavy atom. The fourth-order valence-corrected chi connectivity index (χ4v) is 3.41. The lowest BCUT2D eigenvalue weighted by Gasteiger charge is -2.44. The maximum Gasteiger partial charge on any atom is 0.123 e. The second kappa shape index (κ2) is 6.02. The van der Waals surface area contributed by atoms with E-state index in [0.717, 1.165) is 31.2 Å². The average molecular weight is 276 g/mol. The number of hydrogen-bond acceptors (Lipinski definition) is 4. The van der Waals surface area contributed by atoms with Gasteiger partial charge in [0.15, 0.2) is 0 Å². The SMILES string of the molecule is COc1ccc(CN2CCN3CCCCC3C2)c(O)c1. The molecular formula is C16H24N2O2. The smallest absolute Gasteiger partial charge is 0.123 e. The van der Waals surface area contributed by atoms with Gasteiger partial charge in [0, 0.05) is 43.9 Å². The van der Waals surface area contributed by atoms with Gasteiger partial charge in [-0.1, -0.05) is 12.5 Å². The van der Waals surface area contributed by atoms with Crippen molar-refractivity contribution in [2.24, 2.45) is 0 Å². The summed E-state index contributed by atoms with van der Waals surface area (Å²) in [6.07, 6.45) is 4.05. The van der Waals surface area contributed by atoms with Gasteiger partial charge < -0.3 is 9.84 Å². The van der Waals surface area contributed by atoms with E-state index in [1.807, 2.05) is 12.1 Å². The van der Waals surface area contributed by atoms with Crippen LogP contribution in [0.4, 0.5) is 0 Å². The number of aromatic hydroxyl groups is 1. The predicted octanol–water partition coefficient (Wildman–Crippen LogP) is 2.07. The predicted molar refractivity (Wildman–Crippen MR) is 79.1 cm³/mol. The number of phenols is 1. The number of fused-ring (bicyclic) bond motifs is 1. The summed E-state index contributed by atoms with van der Waals surface area (Å²) in [6.45, 7) is 5.50. The van der Waals surface area contributed by atoms with Gasteiger partial charge in [0.25, 0.3) is 0 Å². The molecule has 0 saturated carbocycles. The van der Waals surface area contributed by atoms with E-state index >= 15 is 0 Å². The highest BCUT2D eigenvalue weighted by molar-refractivity contribution is 5.39. The first-order chi connectivity index (χ1) is 9.76. The van der Waals surface area contributed by atoms with Crippen LogP contribution in [0, 0.1) is 0 Å². The number of benzene rings is 1. The van der Waals surface area contributed by atoms with Crippen molar-refractivity contribution in [1.29, 1.82) is 0 Å². The molecule has 1 aromatic rings. The molecule has 0 radical (unpaired) electrons. The summed E-state index contributed by atoms with van der Waals surface area (Å²) in [4.78, 5) is 5.10. The summed E-state index contributed by atoms with van der Waals surface area (Å²) in [6, 6.07) is 6.32. The normalized spacial score (nSPS) is 24.4. The van der Waals surface area contributed by atoms with E-state index in [2.05, 4.69) is 9.80 Å². The van der Waals surface area contributed by atoms with Gasteiger partial charge in [0.1, 0.15) is 11.5 Å². The third-order valence-electron chi connectivity index (χ3n) is 4.61. The minimum atomic E-state index is 0.343. The Balaban J connectivity index is 1.63. The van der Waals surface area contributed by atoms with Crippen LogP contribution in [0.15, 0.2) is 18.2 Å². The highest BCUT2D eigenvalue weighted by atomic mass is 16.5. The van der Waals surface area contributed by atoms with E-state index < -0.39 is 0 Å². The Hall–Kier alpha value is -1.26. The molecule has 2 saturated heterocycles. The number of nitrogens with zero attached hydrogens (tertiary/aromatic N) is 2. The Morgan fingerprint density at radius 1 is 1.25 bits per heavy atom. The van der Waals surface area contributed by atoms with E-state index in [1.54, 1.807) is 13.2 Å². The van der Waals surface area contributed by atoms with Gasteiger partial charge in [0.05, 0.1) is 7.11 Å². The summed E-state index contributed by atoms with van der Waals surface area (Å²) in [5.41, 5.74) is 0.995. The zero-order valence-corrected chi connectivity index (χ0v) is 12.2. The molecule has 2 fully saturated rings. The van der Waals surface area contributed by atoms with E-state index in [1.165, 1.54) is 32.4 Å². The first-order valence-electron chi connectivity index (χ1n) is 7.58. The molecule has 2 aliphatic rings. The van der Waals surface area contributed by atoms with Gasteiger partial charge in [-0.15, -0.1) is 0 Å². The van der Waals surface area contributed by atoms with Crippen molar-refractivity contribution in [3.05, 3.63) is 23.8 Å². The molecule has 1 atom stereocenters. The van der Waals surface area contributed by atoms with Gasteiger partial charge in [-0.2, -0.15) is 0 Å². The molecule has 110 valence electrons. The van der Waals surface area contributed by atoms with E-state index in [4.69, 9.17) is 4.74 Å². The van der Waals surface area contributed by atoms with Gasteiger partial charge in [-0.25, -0.2) is 0 Å². The summed E-state index contributed by atoms with van der Waals surface area (Å²) in [7, 11) is 1.62. The third kappa shape index (κ3) is 2.91. The minimum absolute atomic E-state index is 0.343. The fourth-order valence-electron chi connectivity index (χ4n) is 3.41. The quantitative estimate of drug-likeness (QED) is 0.917. The first-order valence-corrected chi connectivity index (χ1v) is 7.58. The monoisotopic (exact) mass is 276 g/mol. The second-order valence-electron chi connectivity index (χ2n) is 5.92. The van der Waals surface area contributed by atoms with Crippen molar-refractivity contribution in [2.75, 3.05) is 33.3 Å². The summed E-state index contributed by atoms with van der Waals surface area (Å²) < 4.78 is 5.13. The summed E-state index contributed by atoms with van der Waals surface area (Å²) in [5, 5.41) is 10.1. The Morgan fingerprint density at radius 3 is 2.95 bits per heavy atom. The van der Waals surface area contributed by atoms with Gasteiger partial charge >= 0.3 is 0 Å². The molecule has 1 unspecified atom stereocenters. The molecule has 2 heterocycles. The average Bonchev–Trinajstić information content (AvgIpc) is 2.49. The molecule has 20 heavy (non-hydrogen) atoms. The number of ether oxygens (including phenoxy) is 1. The molecule has 0 aliphatic carbocycles. The van der Waals surface area contributed by atoms with Crippen LogP contribution in [0.25, 0.3) is 0 Å². The van der Waals surface area contributed by atoms with Crippen molar-refractivity contribution < 1.29 is 9.84 Å².